The zero-order chi connectivity index (χ0) is 13.6. The molecule has 1 atom stereocenters. The van der Waals surface area contributed by atoms with Crippen molar-refractivity contribution in [1.82, 2.24) is 10.3 Å². The van der Waals surface area contributed by atoms with Crippen molar-refractivity contribution in [2.24, 2.45) is 11.3 Å². The molecule has 0 amide bonds. The molecular weight excluding hydrogens is 288 g/mol. The Morgan fingerprint density at radius 2 is 2.06 bits per heavy atom. The van der Waals surface area contributed by atoms with Crippen LogP contribution in [0.15, 0.2) is 22.8 Å². The first-order valence-electron chi connectivity index (χ1n) is 6.74. The van der Waals surface area contributed by atoms with Crippen LogP contribution in [0.25, 0.3) is 0 Å². The van der Waals surface area contributed by atoms with Gasteiger partial charge in [-0.3, -0.25) is 4.98 Å². The quantitative estimate of drug-likeness (QED) is 0.802. The Labute approximate surface area is 120 Å². The van der Waals surface area contributed by atoms with Crippen LogP contribution in [-0.4, -0.2) is 18.1 Å². The van der Waals surface area contributed by atoms with Gasteiger partial charge in [-0.05, 0) is 65.3 Å². The fourth-order valence-electron chi connectivity index (χ4n) is 1.92. The first-order chi connectivity index (χ1) is 8.43. The Balaban J connectivity index is 2.63. The van der Waals surface area contributed by atoms with Crippen molar-refractivity contribution in [1.29, 1.82) is 0 Å². The van der Waals surface area contributed by atoms with E-state index < -0.39 is 0 Å². The maximum absolute atomic E-state index is 4.49. The molecule has 0 spiro atoms. The highest BCUT2D eigenvalue weighted by atomic mass is 79.9. The average molecular weight is 313 g/mol. The predicted octanol–water partition coefficient (Wildman–Crippen LogP) is 4.05. The molecule has 0 aliphatic carbocycles. The van der Waals surface area contributed by atoms with E-state index in [2.05, 4.69) is 66.1 Å². The maximum atomic E-state index is 4.49. The molecule has 0 saturated carbocycles. The van der Waals surface area contributed by atoms with Crippen LogP contribution in [0.3, 0.4) is 0 Å². The molecule has 1 heterocycles. The largest absolute Gasteiger partial charge is 0.316 e. The number of aromatic nitrogens is 1. The SMILES string of the molecule is CCCNCC(Cc1ccc(Br)cn1)C(C)(C)C. The first kappa shape index (κ1) is 15.6. The number of nitrogens with zero attached hydrogens (tertiary/aromatic N) is 1. The van der Waals surface area contributed by atoms with Gasteiger partial charge < -0.3 is 5.32 Å². The monoisotopic (exact) mass is 312 g/mol. The van der Waals surface area contributed by atoms with Crippen molar-refractivity contribution in [3.8, 4) is 0 Å². The number of pyridine rings is 1. The summed E-state index contributed by atoms with van der Waals surface area (Å²) in [6, 6.07) is 4.18. The zero-order valence-electron chi connectivity index (χ0n) is 12.0. The lowest BCUT2D eigenvalue weighted by atomic mass is 9.78. The van der Waals surface area contributed by atoms with Gasteiger partial charge in [0, 0.05) is 16.4 Å². The van der Waals surface area contributed by atoms with Crippen LogP contribution in [0.2, 0.25) is 0 Å². The molecule has 0 saturated heterocycles. The molecule has 0 bridgehead atoms. The van der Waals surface area contributed by atoms with Gasteiger partial charge in [-0.1, -0.05) is 27.7 Å². The minimum atomic E-state index is 0.301. The van der Waals surface area contributed by atoms with E-state index in [1.807, 2.05) is 6.20 Å². The molecule has 1 aromatic heterocycles. The van der Waals surface area contributed by atoms with Gasteiger partial charge in [0.05, 0.1) is 0 Å². The highest BCUT2D eigenvalue weighted by molar-refractivity contribution is 9.10. The first-order valence-corrected chi connectivity index (χ1v) is 7.54. The molecule has 0 aliphatic rings. The highest BCUT2D eigenvalue weighted by Gasteiger charge is 2.24. The summed E-state index contributed by atoms with van der Waals surface area (Å²) in [5, 5.41) is 3.54. The van der Waals surface area contributed by atoms with Gasteiger partial charge in [-0.25, -0.2) is 0 Å². The van der Waals surface area contributed by atoms with Crippen molar-refractivity contribution < 1.29 is 0 Å². The minimum absolute atomic E-state index is 0.301. The Morgan fingerprint density at radius 1 is 1.33 bits per heavy atom. The molecule has 1 aromatic rings. The third-order valence-electron chi connectivity index (χ3n) is 3.29. The van der Waals surface area contributed by atoms with Gasteiger partial charge >= 0.3 is 0 Å². The van der Waals surface area contributed by atoms with Crippen LogP contribution in [0, 0.1) is 11.3 Å². The summed E-state index contributed by atoms with van der Waals surface area (Å²) in [4.78, 5) is 4.49. The van der Waals surface area contributed by atoms with Gasteiger partial charge in [-0.15, -0.1) is 0 Å². The third-order valence-corrected chi connectivity index (χ3v) is 3.76. The molecule has 1 rings (SSSR count). The van der Waals surface area contributed by atoms with Crippen LogP contribution in [0.5, 0.6) is 0 Å². The van der Waals surface area contributed by atoms with Crippen molar-refractivity contribution in [2.75, 3.05) is 13.1 Å². The lowest BCUT2D eigenvalue weighted by Crippen LogP contribution is -2.34. The van der Waals surface area contributed by atoms with E-state index in [0.29, 0.717) is 11.3 Å². The number of rotatable bonds is 6. The average Bonchev–Trinajstić information content (AvgIpc) is 2.29. The molecule has 2 nitrogen and oxygen atoms in total. The van der Waals surface area contributed by atoms with E-state index in [-0.39, 0.29) is 0 Å². The maximum Gasteiger partial charge on any atom is 0.0413 e. The van der Waals surface area contributed by atoms with E-state index in [1.54, 1.807) is 0 Å². The topological polar surface area (TPSA) is 24.9 Å². The van der Waals surface area contributed by atoms with E-state index in [4.69, 9.17) is 0 Å². The van der Waals surface area contributed by atoms with E-state index in [9.17, 15) is 0 Å². The second-order valence-corrected chi connectivity index (χ2v) is 6.85. The Morgan fingerprint density at radius 3 is 2.56 bits per heavy atom. The molecule has 18 heavy (non-hydrogen) atoms. The van der Waals surface area contributed by atoms with Crippen molar-refractivity contribution >= 4 is 15.9 Å². The van der Waals surface area contributed by atoms with E-state index in [0.717, 1.165) is 24.0 Å². The van der Waals surface area contributed by atoms with E-state index in [1.165, 1.54) is 12.1 Å². The summed E-state index contributed by atoms with van der Waals surface area (Å²) in [5.74, 6) is 0.609. The standard InChI is InChI=1S/C15H25BrN2/c1-5-8-17-10-12(15(2,3)4)9-14-7-6-13(16)11-18-14/h6-7,11-12,17H,5,8-10H2,1-4H3. The zero-order valence-corrected chi connectivity index (χ0v) is 13.5. The van der Waals surface area contributed by atoms with Gasteiger partial charge in [0.2, 0.25) is 0 Å². The van der Waals surface area contributed by atoms with Crippen LogP contribution < -0.4 is 5.32 Å². The molecule has 3 heteroatoms. The summed E-state index contributed by atoms with van der Waals surface area (Å²) in [5.41, 5.74) is 1.48. The lowest BCUT2D eigenvalue weighted by molar-refractivity contribution is 0.229. The Kier molecular flexibility index (Phi) is 6.30. The molecule has 0 aromatic carbocycles. The highest BCUT2D eigenvalue weighted by Crippen LogP contribution is 2.28. The number of halogens is 1. The minimum Gasteiger partial charge on any atom is -0.316 e. The second-order valence-electron chi connectivity index (χ2n) is 5.94. The third kappa shape index (κ3) is 5.49. The molecule has 1 unspecified atom stereocenters. The molecule has 1 N–H and O–H groups in total. The molecule has 102 valence electrons. The smallest absolute Gasteiger partial charge is 0.0413 e. The summed E-state index contributed by atoms with van der Waals surface area (Å²) in [7, 11) is 0. The van der Waals surface area contributed by atoms with Crippen molar-refractivity contribution in [3.05, 3.63) is 28.5 Å². The van der Waals surface area contributed by atoms with Crippen LogP contribution in [-0.2, 0) is 6.42 Å². The summed E-state index contributed by atoms with van der Waals surface area (Å²) in [6.07, 6.45) is 4.11. The van der Waals surface area contributed by atoms with Gasteiger partial charge in [0.25, 0.3) is 0 Å². The normalized spacial score (nSPS) is 13.6. The van der Waals surface area contributed by atoms with E-state index >= 15 is 0 Å². The Hall–Kier alpha value is -0.410. The van der Waals surface area contributed by atoms with Gasteiger partial charge in [-0.2, -0.15) is 0 Å². The lowest BCUT2D eigenvalue weighted by Gasteiger charge is -2.31. The second kappa shape index (κ2) is 7.25. The summed E-state index contributed by atoms with van der Waals surface area (Å²) in [6.45, 7) is 11.3. The predicted molar refractivity (Wildman–Crippen MR) is 81.7 cm³/mol. The molecule has 0 fully saturated rings. The number of hydrogen-bond donors (Lipinski definition) is 1. The van der Waals surface area contributed by atoms with Crippen LogP contribution in [0.4, 0.5) is 0 Å². The van der Waals surface area contributed by atoms with Gasteiger partial charge in [0.15, 0.2) is 0 Å². The fraction of sp³-hybridized carbons (Fsp3) is 0.667. The fourth-order valence-corrected chi connectivity index (χ4v) is 2.15. The molecular formula is C15H25BrN2. The van der Waals surface area contributed by atoms with Crippen molar-refractivity contribution in [2.45, 2.75) is 40.5 Å². The Bertz CT molecular complexity index is 341. The summed E-state index contributed by atoms with van der Waals surface area (Å²) < 4.78 is 1.04. The van der Waals surface area contributed by atoms with Crippen LogP contribution in [0.1, 0.15) is 39.8 Å². The molecule has 0 radical (unpaired) electrons. The van der Waals surface area contributed by atoms with Crippen molar-refractivity contribution in [3.63, 3.8) is 0 Å². The number of nitrogens with one attached hydrogen (secondary N) is 1. The number of hydrogen-bond acceptors (Lipinski definition) is 2. The van der Waals surface area contributed by atoms with Gasteiger partial charge in [0.1, 0.15) is 0 Å². The van der Waals surface area contributed by atoms with Crippen LogP contribution >= 0.6 is 15.9 Å². The molecule has 0 aliphatic heterocycles. The summed E-state index contributed by atoms with van der Waals surface area (Å²) >= 11 is 3.43.